The van der Waals surface area contributed by atoms with E-state index in [9.17, 15) is 0 Å². The topological polar surface area (TPSA) is 18.5 Å². The summed E-state index contributed by atoms with van der Waals surface area (Å²) in [6, 6.07) is 10.9. The van der Waals surface area contributed by atoms with Crippen LogP contribution in [0.15, 0.2) is 42.1 Å². The summed E-state index contributed by atoms with van der Waals surface area (Å²) in [7, 11) is -1.31. The number of rotatable bonds is 4. The number of hydrogen-bond acceptors (Lipinski definition) is 2. The van der Waals surface area contributed by atoms with Crippen molar-refractivity contribution in [1.29, 1.82) is 0 Å². The highest BCUT2D eigenvalue weighted by molar-refractivity contribution is 6.81. The first-order valence-electron chi connectivity index (χ1n) is 10.2. The molecule has 2 aliphatic carbocycles. The summed E-state index contributed by atoms with van der Waals surface area (Å²) >= 11 is 0. The first kappa shape index (κ1) is 18.5. The summed E-state index contributed by atoms with van der Waals surface area (Å²) in [6.45, 7) is 14.4. The van der Waals surface area contributed by atoms with Crippen molar-refractivity contribution in [1.82, 2.24) is 0 Å². The predicted octanol–water partition coefficient (Wildman–Crippen LogP) is 5.68. The van der Waals surface area contributed by atoms with E-state index >= 15 is 0 Å². The Morgan fingerprint density at radius 2 is 1.85 bits per heavy atom. The average Bonchev–Trinajstić information content (AvgIpc) is 3.09. The average molecular weight is 368 g/mol. The number of benzene rings is 1. The summed E-state index contributed by atoms with van der Waals surface area (Å²) in [4.78, 5) is 0. The van der Waals surface area contributed by atoms with Crippen molar-refractivity contribution in [3.05, 3.63) is 47.7 Å². The predicted molar refractivity (Wildman–Crippen MR) is 112 cm³/mol. The van der Waals surface area contributed by atoms with Crippen LogP contribution >= 0.6 is 0 Å². The van der Waals surface area contributed by atoms with Crippen molar-refractivity contribution >= 4 is 15.2 Å². The molecule has 3 aliphatic rings. The summed E-state index contributed by atoms with van der Waals surface area (Å²) in [5, 5.41) is 0. The van der Waals surface area contributed by atoms with Crippen LogP contribution in [0.1, 0.15) is 39.2 Å². The van der Waals surface area contributed by atoms with Gasteiger partial charge in [-0.1, -0.05) is 82.5 Å². The van der Waals surface area contributed by atoms with Crippen molar-refractivity contribution in [3.8, 4) is 0 Å². The third-order valence-electron chi connectivity index (χ3n) is 7.66. The van der Waals surface area contributed by atoms with E-state index in [1.165, 1.54) is 18.4 Å². The van der Waals surface area contributed by atoms with Gasteiger partial charge in [0, 0.05) is 5.41 Å². The smallest absolute Gasteiger partial charge is 0.404 e. The highest BCUT2D eigenvalue weighted by Gasteiger charge is 2.78. The Labute approximate surface area is 160 Å². The third kappa shape index (κ3) is 2.38. The van der Waals surface area contributed by atoms with Crippen LogP contribution in [0.25, 0.3) is 0 Å². The van der Waals surface area contributed by atoms with Gasteiger partial charge in [-0.3, -0.25) is 0 Å². The molecule has 1 aliphatic heterocycles. The van der Waals surface area contributed by atoms with E-state index in [1.807, 2.05) is 0 Å². The zero-order valence-electron chi connectivity index (χ0n) is 17.2. The molecule has 26 heavy (non-hydrogen) atoms. The standard InChI is InChI=1S/C22H33BO2Si/c1-20(2)18-13-14-21(20,3)22(17-11-8-7-9-12-17)19(18)24-23(25-22)15-10-16-26(4,5)6/h7-12,16,18-19H,13-15H2,1-6H3/b16-10-/t18-,19?,21-,22-/m1/s1. The van der Waals surface area contributed by atoms with Crippen molar-refractivity contribution in [2.24, 2.45) is 16.7 Å². The molecule has 0 amide bonds. The van der Waals surface area contributed by atoms with Crippen molar-refractivity contribution in [3.63, 3.8) is 0 Å². The fourth-order valence-corrected chi connectivity index (χ4v) is 6.83. The third-order valence-corrected chi connectivity index (χ3v) is 8.89. The Morgan fingerprint density at radius 3 is 2.50 bits per heavy atom. The van der Waals surface area contributed by atoms with E-state index in [-0.39, 0.29) is 29.7 Å². The molecule has 1 heterocycles. The van der Waals surface area contributed by atoms with Gasteiger partial charge in [0.1, 0.15) is 5.60 Å². The molecule has 0 aromatic heterocycles. The Kier molecular flexibility index (Phi) is 4.15. The minimum atomic E-state index is -1.18. The van der Waals surface area contributed by atoms with Crippen LogP contribution in [-0.4, -0.2) is 21.3 Å². The van der Waals surface area contributed by atoms with Gasteiger partial charge in [-0.2, -0.15) is 0 Å². The van der Waals surface area contributed by atoms with E-state index < -0.39 is 8.07 Å². The number of allylic oxidation sites excluding steroid dienone is 1. The van der Waals surface area contributed by atoms with Gasteiger partial charge < -0.3 is 9.31 Å². The Hall–Kier alpha value is -0.838. The number of hydrogen-bond donors (Lipinski definition) is 0. The van der Waals surface area contributed by atoms with Crippen molar-refractivity contribution < 1.29 is 9.31 Å². The molecule has 4 heteroatoms. The molecular weight excluding hydrogens is 335 g/mol. The minimum Gasteiger partial charge on any atom is -0.404 e. The zero-order chi connectivity index (χ0) is 18.8. The summed E-state index contributed by atoms with van der Waals surface area (Å²) in [6.07, 6.45) is 5.80. The molecular formula is C22H33BO2Si. The summed E-state index contributed by atoms with van der Waals surface area (Å²) in [5.41, 5.74) is 3.74. The van der Waals surface area contributed by atoms with Crippen molar-refractivity contribution in [2.45, 2.75) is 71.3 Å². The second-order valence-corrected chi connectivity index (χ2v) is 15.5. The zero-order valence-corrected chi connectivity index (χ0v) is 18.2. The molecule has 1 unspecified atom stereocenters. The van der Waals surface area contributed by atoms with Gasteiger partial charge in [0.05, 0.1) is 14.2 Å². The Balaban J connectivity index is 1.71. The fourth-order valence-electron chi connectivity index (χ4n) is 5.99. The molecule has 1 aromatic carbocycles. The molecule has 2 bridgehead atoms. The molecule has 4 atom stereocenters. The van der Waals surface area contributed by atoms with E-state index in [0.717, 1.165) is 6.32 Å². The molecule has 0 radical (unpaired) electrons. The van der Waals surface area contributed by atoms with Crippen LogP contribution in [-0.2, 0) is 14.9 Å². The van der Waals surface area contributed by atoms with E-state index in [2.05, 4.69) is 82.5 Å². The van der Waals surface area contributed by atoms with E-state index in [4.69, 9.17) is 9.31 Å². The molecule has 0 N–H and O–H groups in total. The van der Waals surface area contributed by atoms with Gasteiger partial charge >= 0.3 is 7.12 Å². The normalized spacial score (nSPS) is 38.3. The van der Waals surface area contributed by atoms with Crippen LogP contribution in [0.5, 0.6) is 0 Å². The quantitative estimate of drug-likeness (QED) is 0.637. The highest BCUT2D eigenvalue weighted by atomic mass is 28.3. The van der Waals surface area contributed by atoms with Crippen LogP contribution in [0, 0.1) is 16.7 Å². The lowest BCUT2D eigenvalue weighted by atomic mass is 9.61. The maximum absolute atomic E-state index is 6.89. The molecule has 140 valence electrons. The summed E-state index contributed by atoms with van der Waals surface area (Å²) < 4.78 is 13.5. The van der Waals surface area contributed by atoms with Gasteiger partial charge in [0.25, 0.3) is 0 Å². The lowest BCUT2D eigenvalue weighted by molar-refractivity contribution is -0.0804. The maximum Gasteiger partial charge on any atom is 0.461 e. The van der Waals surface area contributed by atoms with Gasteiger partial charge in [0.2, 0.25) is 0 Å². The minimum absolute atomic E-state index is 0.105. The van der Waals surface area contributed by atoms with Gasteiger partial charge in [-0.25, -0.2) is 0 Å². The van der Waals surface area contributed by atoms with Crippen LogP contribution in [0.2, 0.25) is 26.0 Å². The van der Waals surface area contributed by atoms with E-state index in [1.54, 1.807) is 0 Å². The first-order valence-corrected chi connectivity index (χ1v) is 13.8. The highest BCUT2D eigenvalue weighted by Crippen LogP contribution is 2.76. The van der Waals surface area contributed by atoms with Gasteiger partial charge in [0.15, 0.2) is 0 Å². The van der Waals surface area contributed by atoms with Crippen LogP contribution in [0.3, 0.4) is 0 Å². The second-order valence-electron chi connectivity index (χ2n) is 10.4. The molecule has 1 aromatic rings. The van der Waals surface area contributed by atoms with Crippen LogP contribution < -0.4 is 0 Å². The largest absolute Gasteiger partial charge is 0.461 e. The SMILES string of the molecule is CC1(C)[C@@H]2CC[C@@]1(C)[C@]1(c3ccccc3)OB(C/C=C\[Si](C)(C)C)OC21. The molecule has 4 rings (SSSR count). The lowest BCUT2D eigenvalue weighted by Crippen LogP contribution is -2.50. The lowest BCUT2D eigenvalue weighted by Gasteiger charge is -2.48. The Bertz CT molecular complexity index is 711. The van der Waals surface area contributed by atoms with E-state index in [0.29, 0.717) is 5.92 Å². The molecule has 0 spiro atoms. The molecule has 2 nitrogen and oxygen atoms in total. The molecule has 1 saturated heterocycles. The second kappa shape index (κ2) is 5.83. The van der Waals surface area contributed by atoms with Gasteiger partial charge in [-0.15, -0.1) is 0 Å². The van der Waals surface area contributed by atoms with Crippen LogP contribution in [0.4, 0.5) is 0 Å². The molecule has 2 saturated carbocycles. The maximum atomic E-state index is 6.89. The van der Waals surface area contributed by atoms with Crippen molar-refractivity contribution in [2.75, 3.05) is 0 Å². The monoisotopic (exact) mass is 368 g/mol. The molecule has 3 fully saturated rings. The van der Waals surface area contributed by atoms with Gasteiger partial charge in [-0.05, 0) is 36.1 Å². The Morgan fingerprint density at radius 1 is 1.15 bits per heavy atom. The number of fused-ring (bicyclic) bond motifs is 5. The fraction of sp³-hybridized carbons (Fsp3) is 0.636. The summed E-state index contributed by atoms with van der Waals surface area (Å²) in [5.74, 6) is 0.568. The first-order chi connectivity index (χ1) is 12.1.